The number of hydrogen-bond acceptors (Lipinski definition) is 4. The van der Waals surface area contributed by atoms with Gasteiger partial charge in [0.05, 0.1) is 18.2 Å². The third-order valence-corrected chi connectivity index (χ3v) is 3.93. The summed E-state index contributed by atoms with van der Waals surface area (Å²) in [4.78, 5) is 16.3. The number of carbonyl (C=O) groups is 1. The molecule has 3 aromatic heterocycles. The number of carbonyl (C=O) groups excluding carboxylic acids is 1. The summed E-state index contributed by atoms with van der Waals surface area (Å²) in [7, 11) is 1.88. The minimum Gasteiger partial charge on any atom is -0.354 e. The van der Waals surface area contributed by atoms with Crippen LogP contribution in [0.3, 0.4) is 0 Å². The number of hydrogen-bond donors (Lipinski definition) is 1. The number of imidazole rings is 1. The van der Waals surface area contributed by atoms with Crippen LogP contribution in [0.2, 0.25) is 0 Å². The second-order valence-corrected chi connectivity index (χ2v) is 5.67. The van der Waals surface area contributed by atoms with Gasteiger partial charge in [-0.3, -0.25) is 14.2 Å². The first kappa shape index (κ1) is 15.3. The SMILES string of the molecule is Cc1nn(C)c2cn([C@@H](C)C(=O)NCCCn3ccnc3)nc12. The molecule has 0 bridgehead atoms. The summed E-state index contributed by atoms with van der Waals surface area (Å²) in [6.07, 6.45) is 8.16. The Morgan fingerprint density at radius 2 is 2.22 bits per heavy atom. The van der Waals surface area contributed by atoms with E-state index >= 15 is 0 Å². The topological polar surface area (TPSA) is 82.6 Å². The van der Waals surface area contributed by atoms with E-state index in [-0.39, 0.29) is 11.9 Å². The highest BCUT2D eigenvalue weighted by Gasteiger charge is 2.18. The maximum atomic E-state index is 12.3. The maximum absolute atomic E-state index is 12.3. The van der Waals surface area contributed by atoms with Crippen molar-refractivity contribution in [1.82, 2.24) is 34.4 Å². The summed E-state index contributed by atoms with van der Waals surface area (Å²) >= 11 is 0. The van der Waals surface area contributed by atoms with E-state index in [9.17, 15) is 4.79 Å². The van der Waals surface area contributed by atoms with Crippen LogP contribution < -0.4 is 5.32 Å². The molecule has 0 spiro atoms. The standard InChI is InChI=1S/C15H21N7O/c1-11-14-13(20(3)18-11)9-22(19-14)12(2)15(23)17-5-4-7-21-8-6-16-10-21/h6,8-10,12H,4-5,7H2,1-3H3,(H,17,23)/t12-/m0/s1. The zero-order valence-electron chi connectivity index (χ0n) is 13.6. The normalized spacial score (nSPS) is 12.7. The van der Waals surface area contributed by atoms with Crippen molar-refractivity contribution in [3.63, 3.8) is 0 Å². The molecule has 0 aliphatic heterocycles. The molecule has 8 nitrogen and oxygen atoms in total. The fraction of sp³-hybridized carbons (Fsp3) is 0.467. The van der Waals surface area contributed by atoms with Crippen molar-refractivity contribution >= 4 is 16.9 Å². The Kier molecular flexibility index (Phi) is 4.14. The molecule has 0 unspecified atom stereocenters. The Bertz CT molecular complexity index is 765. The third kappa shape index (κ3) is 3.10. The van der Waals surface area contributed by atoms with E-state index < -0.39 is 0 Å². The zero-order chi connectivity index (χ0) is 16.4. The molecule has 3 heterocycles. The molecule has 0 saturated heterocycles. The van der Waals surface area contributed by atoms with Crippen LogP contribution >= 0.6 is 0 Å². The van der Waals surface area contributed by atoms with Gasteiger partial charge in [-0.05, 0) is 20.3 Å². The lowest BCUT2D eigenvalue weighted by Crippen LogP contribution is -2.32. The number of nitrogens with one attached hydrogen (secondary N) is 1. The Hall–Kier alpha value is -2.64. The van der Waals surface area contributed by atoms with Gasteiger partial charge in [0.25, 0.3) is 0 Å². The number of rotatable bonds is 6. The number of aromatic nitrogens is 6. The van der Waals surface area contributed by atoms with Gasteiger partial charge in [-0.25, -0.2) is 4.98 Å². The van der Waals surface area contributed by atoms with Crippen molar-refractivity contribution in [3.05, 3.63) is 30.6 Å². The number of amides is 1. The van der Waals surface area contributed by atoms with Gasteiger partial charge >= 0.3 is 0 Å². The largest absolute Gasteiger partial charge is 0.354 e. The molecule has 1 N–H and O–H groups in total. The molecule has 3 aromatic rings. The monoisotopic (exact) mass is 315 g/mol. The van der Waals surface area contributed by atoms with E-state index in [1.807, 2.05) is 37.9 Å². The van der Waals surface area contributed by atoms with Crippen LogP contribution in [0.5, 0.6) is 0 Å². The predicted molar refractivity (Wildman–Crippen MR) is 85.8 cm³/mol. The fourth-order valence-electron chi connectivity index (χ4n) is 2.56. The summed E-state index contributed by atoms with van der Waals surface area (Å²) in [6, 6.07) is -0.352. The van der Waals surface area contributed by atoms with Gasteiger partial charge in [0.2, 0.25) is 5.91 Å². The minimum absolute atomic E-state index is 0.0333. The first-order chi connectivity index (χ1) is 11.1. The lowest BCUT2D eigenvalue weighted by molar-refractivity contribution is -0.124. The Morgan fingerprint density at radius 3 is 2.91 bits per heavy atom. The maximum Gasteiger partial charge on any atom is 0.244 e. The van der Waals surface area contributed by atoms with E-state index in [2.05, 4.69) is 20.5 Å². The molecule has 3 rings (SSSR count). The summed E-state index contributed by atoms with van der Waals surface area (Å²) in [5.41, 5.74) is 2.64. The summed E-state index contributed by atoms with van der Waals surface area (Å²) < 4.78 is 5.47. The molecule has 0 radical (unpaired) electrons. The number of fused-ring (bicyclic) bond motifs is 1. The molecule has 0 aromatic carbocycles. The molecule has 122 valence electrons. The quantitative estimate of drug-likeness (QED) is 0.689. The van der Waals surface area contributed by atoms with Crippen molar-refractivity contribution in [2.75, 3.05) is 6.54 Å². The number of aryl methyl sites for hydroxylation is 3. The summed E-state index contributed by atoms with van der Waals surface area (Å²) in [6.45, 7) is 5.23. The van der Waals surface area contributed by atoms with Crippen LogP contribution in [0.25, 0.3) is 11.0 Å². The molecule has 8 heteroatoms. The highest BCUT2D eigenvalue weighted by atomic mass is 16.2. The highest BCUT2D eigenvalue weighted by molar-refractivity contribution is 5.81. The Balaban J connectivity index is 1.56. The van der Waals surface area contributed by atoms with Crippen LogP contribution in [0.1, 0.15) is 25.1 Å². The molecule has 23 heavy (non-hydrogen) atoms. The Labute approximate surface area is 134 Å². The molecule has 0 saturated carbocycles. The van der Waals surface area contributed by atoms with E-state index in [1.54, 1.807) is 21.9 Å². The first-order valence-electron chi connectivity index (χ1n) is 7.68. The molecule has 1 amide bonds. The first-order valence-corrected chi connectivity index (χ1v) is 7.68. The van der Waals surface area contributed by atoms with Gasteiger partial charge in [-0.1, -0.05) is 0 Å². The number of nitrogens with zero attached hydrogens (tertiary/aromatic N) is 6. The van der Waals surface area contributed by atoms with Gasteiger partial charge < -0.3 is 9.88 Å². The highest BCUT2D eigenvalue weighted by Crippen LogP contribution is 2.17. The molecule has 1 atom stereocenters. The average Bonchev–Trinajstić information content (AvgIpc) is 3.23. The van der Waals surface area contributed by atoms with Crippen molar-refractivity contribution in [2.24, 2.45) is 7.05 Å². The third-order valence-electron chi connectivity index (χ3n) is 3.93. The predicted octanol–water partition coefficient (Wildman–Crippen LogP) is 1.04. The molecule has 0 fully saturated rings. The van der Waals surface area contributed by atoms with E-state index in [1.165, 1.54) is 0 Å². The lowest BCUT2D eigenvalue weighted by Gasteiger charge is -2.12. The molecule has 0 aliphatic rings. The lowest BCUT2D eigenvalue weighted by atomic mass is 10.3. The molecular weight excluding hydrogens is 294 g/mol. The average molecular weight is 315 g/mol. The van der Waals surface area contributed by atoms with Crippen LogP contribution in [-0.4, -0.2) is 41.6 Å². The fourth-order valence-corrected chi connectivity index (χ4v) is 2.56. The van der Waals surface area contributed by atoms with Crippen LogP contribution in [-0.2, 0) is 18.4 Å². The van der Waals surface area contributed by atoms with Crippen LogP contribution in [0.4, 0.5) is 0 Å². The van der Waals surface area contributed by atoms with Gasteiger partial charge in [0.15, 0.2) is 0 Å². The van der Waals surface area contributed by atoms with Gasteiger partial charge in [-0.2, -0.15) is 10.2 Å². The van der Waals surface area contributed by atoms with E-state index in [4.69, 9.17) is 0 Å². The van der Waals surface area contributed by atoms with Gasteiger partial charge in [0.1, 0.15) is 17.1 Å². The second-order valence-electron chi connectivity index (χ2n) is 5.67. The van der Waals surface area contributed by atoms with E-state index in [0.29, 0.717) is 6.54 Å². The zero-order valence-corrected chi connectivity index (χ0v) is 13.6. The Morgan fingerprint density at radius 1 is 1.39 bits per heavy atom. The van der Waals surface area contributed by atoms with Crippen molar-refractivity contribution in [2.45, 2.75) is 32.9 Å². The van der Waals surface area contributed by atoms with Crippen molar-refractivity contribution in [3.8, 4) is 0 Å². The summed E-state index contributed by atoms with van der Waals surface area (Å²) in [5.74, 6) is -0.0333. The second kappa shape index (κ2) is 6.23. The van der Waals surface area contributed by atoms with Crippen LogP contribution in [0.15, 0.2) is 24.9 Å². The van der Waals surface area contributed by atoms with Crippen LogP contribution in [0, 0.1) is 6.92 Å². The minimum atomic E-state index is -0.352. The molecular formula is C15H21N7O. The van der Waals surface area contributed by atoms with Crippen molar-refractivity contribution < 1.29 is 4.79 Å². The molecule has 0 aliphatic carbocycles. The van der Waals surface area contributed by atoms with Crippen molar-refractivity contribution in [1.29, 1.82) is 0 Å². The smallest absolute Gasteiger partial charge is 0.244 e. The van der Waals surface area contributed by atoms with E-state index in [0.717, 1.165) is 29.7 Å². The summed E-state index contributed by atoms with van der Waals surface area (Å²) in [5, 5.41) is 11.7. The van der Waals surface area contributed by atoms with Gasteiger partial charge in [-0.15, -0.1) is 0 Å². The van der Waals surface area contributed by atoms with Gasteiger partial charge in [0, 0.05) is 32.5 Å².